The van der Waals surface area contributed by atoms with Crippen LogP contribution < -0.4 is 9.30 Å². The van der Waals surface area contributed by atoms with Crippen molar-refractivity contribution >= 4 is 76.5 Å². The average Bonchev–Trinajstić information content (AvgIpc) is 2.90. The number of fused-ring (bicyclic) bond motifs is 10. The van der Waals surface area contributed by atoms with Crippen LogP contribution in [0.3, 0.4) is 0 Å². The van der Waals surface area contributed by atoms with E-state index in [1.54, 1.807) is 0 Å². The number of rotatable bonds is 10. The molecule has 86 heavy (non-hydrogen) atoms. The molecule has 17 aromatic rings. The molecule has 12 aromatic carbocycles. The van der Waals surface area contributed by atoms with Gasteiger partial charge < -0.3 is 23.0 Å². The number of para-hydroxylation sites is 7. The smallest absolute Gasteiger partial charge is 0.268 e. The minimum absolute atomic E-state index is 0. The van der Waals surface area contributed by atoms with Gasteiger partial charge in [0.05, 0.1) is 38.8 Å². The summed E-state index contributed by atoms with van der Waals surface area (Å²) < 4.78 is 18.0. The molecular weight excluding hydrogens is 1230 g/mol. The molecule has 0 aliphatic heterocycles. The van der Waals surface area contributed by atoms with Gasteiger partial charge in [-0.3, -0.25) is 4.57 Å². The summed E-state index contributed by atoms with van der Waals surface area (Å²) >= 11 is 0. The molecule has 0 bridgehead atoms. The van der Waals surface area contributed by atoms with Crippen LogP contribution in [0.4, 0.5) is 0 Å². The van der Waals surface area contributed by atoms with E-state index in [0.29, 0.717) is 11.5 Å². The van der Waals surface area contributed by atoms with E-state index in [4.69, 9.17) is 9.72 Å². The quantitative estimate of drug-likeness (QED) is 0.101. The first kappa shape index (κ1) is 50.8. The van der Waals surface area contributed by atoms with Crippen molar-refractivity contribution in [3.05, 3.63) is 310 Å². The maximum Gasteiger partial charge on any atom is 0.268 e. The molecule has 0 unspecified atom stereocenters. The van der Waals surface area contributed by atoms with Gasteiger partial charge in [0, 0.05) is 82.8 Å². The van der Waals surface area contributed by atoms with Gasteiger partial charge in [-0.25, -0.2) is 4.98 Å². The van der Waals surface area contributed by atoms with Gasteiger partial charge in [0.15, 0.2) is 0 Å². The molecule has 0 aliphatic rings. The molecule has 17 rings (SSSR count). The molecule has 0 atom stereocenters. The maximum absolute atomic E-state index is 6.75. The van der Waals surface area contributed by atoms with Crippen molar-refractivity contribution in [2.75, 3.05) is 0 Å². The summed E-state index contributed by atoms with van der Waals surface area (Å²) in [6.45, 7) is 0. The van der Waals surface area contributed by atoms with Crippen molar-refractivity contribution in [2.45, 2.75) is 0 Å². The summed E-state index contributed by atoms with van der Waals surface area (Å²) in [7, 11) is 0. The first-order chi connectivity index (χ1) is 42.1. The summed E-state index contributed by atoms with van der Waals surface area (Å²) in [6.07, 6.45) is 5.72. The number of pyridine rings is 1. The van der Waals surface area contributed by atoms with Crippen LogP contribution in [0.25, 0.3) is 138 Å². The zero-order valence-corrected chi connectivity index (χ0v) is 48.4. The van der Waals surface area contributed by atoms with E-state index in [0.717, 1.165) is 117 Å². The Balaban J connectivity index is 0.00000600. The Morgan fingerprint density at radius 2 is 0.814 bits per heavy atom. The van der Waals surface area contributed by atoms with Gasteiger partial charge in [0.2, 0.25) is 0 Å². The van der Waals surface area contributed by atoms with E-state index in [2.05, 4.69) is 302 Å². The molecule has 5 heterocycles. The third-order valence-electron chi connectivity index (χ3n) is 16.6. The number of hydrogen-bond donors (Lipinski definition) is 0. The fraction of sp³-hybridized carbons (Fsp3) is 0. The molecule has 0 N–H and O–H groups in total. The second-order valence-electron chi connectivity index (χ2n) is 21.6. The Morgan fingerprint density at radius 3 is 1.36 bits per heavy atom. The van der Waals surface area contributed by atoms with Crippen molar-refractivity contribution in [1.29, 1.82) is 0 Å². The van der Waals surface area contributed by atoms with Crippen LogP contribution in [-0.2, 0) is 21.1 Å². The van der Waals surface area contributed by atoms with E-state index in [1.165, 1.54) is 21.5 Å². The molecule has 8 heteroatoms. The fourth-order valence-electron chi connectivity index (χ4n) is 12.8. The predicted molar refractivity (Wildman–Crippen MR) is 345 cm³/mol. The van der Waals surface area contributed by atoms with E-state index in [9.17, 15) is 0 Å². The Kier molecular flexibility index (Phi) is 12.3. The maximum atomic E-state index is 6.75. The molecule has 0 saturated heterocycles. The van der Waals surface area contributed by atoms with Gasteiger partial charge in [-0.05, 0) is 118 Å². The summed E-state index contributed by atoms with van der Waals surface area (Å²) in [5.74, 6) is 1.88. The largest absolute Gasteiger partial charge is 0.510 e. The summed E-state index contributed by atoms with van der Waals surface area (Å²) in [5, 5.41) is 7.01. The number of hydrogen-bond acceptors (Lipinski definition) is 2. The normalized spacial score (nSPS) is 11.6. The van der Waals surface area contributed by atoms with Crippen molar-refractivity contribution in [3.63, 3.8) is 0 Å². The van der Waals surface area contributed by atoms with Gasteiger partial charge in [-0.15, -0.1) is 29.7 Å². The average molecular weight is 1280 g/mol. The standard InChI is InChI=1S/C78H48N6O.Pt/c1-3-20-52(21-4-1)55-42-56(53-22-5-2-6-23-53)44-59(43-55)81-51-80(75-36-17-18-37-76(75)81)58-24-19-25-62(48-58)85-63-39-40-69-68-30-11-16-35-74(68)84(77(69)49-63)78-41-38-54(50-79-78)57-45-60(82-70-31-12-7-26-64(70)65-27-8-13-32-71(65)82)47-61(46-57)83-72-33-14-9-28-66(72)67-29-10-15-34-73(67)83;/h1-47,50H;/q-2;. The first-order valence-electron chi connectivity index (χ1n) is 28.6. The molecular formula is C78H48N6OPt-2. The van der Waals surface area contributed by atoms with Crippen LogP contribution >= 0.6 is 0 Å². The number of benzene rings is 12. The molecule has 0 fully saturated rings. The predicted octanol–water partition coefficient (Wildman–Crippen LogP) is 18.8. The van der Waals surface area contributed by atoms with Crippen molar-refractivity contribution in [2.24, 2.45) is 0 Å². The van der Waals surface area contributed by atoms with Crippen LogP contribution in [-0.4, -0.2) is 23.3 Å². The van der Waals surface area contributed by atoms with Crippen molar-refractivity contribution in [1.82, 2.24) is 23.3 Å². The molecule has 408 valence electrons. The fourth-order valence-corrected chi connectivity index (χ4v) is 12.8. The SMILES string of the molecule is [Pt].[c-]1c(Oc2[c-]c3c(cc2)c2ccccc2n3-c2ccc(-c3cc(-n4c5ccccc5c5ccccc54)cc(-n4c5ccccc5c5ccccc54)c3)cn2)cccc1-n1[c-][n+](-c2cc(-c3ccccc3)cc(-c3ccccc3)c2)c2ccccc21. The Labute approximate surface area is 510 Å². The summed E-state index contributed by atoms with van der Waals surface area (Å²) in [4.78, 5) is 5.30. The van der Waals surface area contributed by atoms with Gasteiger partial charge in [-0.1, -0.05) is 181 Å². The van der Waals surface area contributed by atoms with Crippen molar-refractivity contribution in [3.8, 4) is 73.4 Å². The molecule has 0 amide bonds. The van der Waals surface area contributed by atoms with Gasteiger partial charge in [-0.2, -0.15) is 18.2 Å². The number of nitrogens with zero attached hydrogens (tertiary/aromatic N) is 6. The van der Waals surface area contributed by atoms with E-state index in [-0.39, 0.29) is 21.1 Å². The van der Waals surface area contributed by atoms with Crippen LogP contribution in [0.15, 0.2) is 291 Å². The molecule has 7 nitrogen and oxygen atoms in total. The Hall–Kier alpha value is -10.9. The van der Waals surface area contributed by atoms with Crippen LogP contribution in [0.5, 0.6) is 11.5 Å². The van der Waals surface area contributed by atoms with Gasteiger partial charge in [0.25, 0.3) is 6.33 Å². The van der Waals surface area contributed by atoms with E-state index in [1.807, 2.05) is 30.5 Å². The molecule has 0 radical (unpaired) electrons. The van der Waals surface area contributed by atoms with Gasteiger partial charge >= 0.3 is 0 Å². The topological polar surface area (TPSA) is 45.7 Å². The molecule has 5 aromatic heterocycles. The van der Waals surface area contributed by atoms with Gasteiger partial charge in [0.1, 0.15) is 5.82 Å². The summed E-state index contributed by atoms with van der Waals surface area (Å²) in [6, 6.07) is 108. The molecule has 0 saturated carbocycles. The first-order valence-corrected chi connectivity index (χ1v) is 28.6. The zero-order chi connectivity index (χ0) is 56.0. The van der Waals surface area contributed by atoms with Crippen molar-refractivity contribution < 1.29 is 30.4 Å². The zero-order valence-electron chi connectivity index (χ0n) is 46.1. The second-order valence-corrected chi connectivity index (χ2v) is 21.6. The summed E-state index contributed by atoms with van der Waals surface area (Å²) in [5.41, 5.74) is 19.0. The number of ether oxygens (including phenoxy) is 1. The molecule has 0 aliphatic carbocycles. The Bertz CT molecular complexity index is 5170. The second kappa shape index (κ2) is 20.8. The third kappa shape index (κ3) is 8.46. The number of aromatic nitrogens is 6. The van der Waals surface area contributed by atoms with E-state index < -0.39 is 0 Å². The molecule has 0 spiro atoms. The third-order valence-corrected chi connectivity index (χ3v) is 16.6. The Morgan fingerprint density at radius 1 is 0.337 bits per heavy atom. The van der Waals surface area contributed by atoms with Crippen LogP contribution in [0.1, 0.15) is 0 Å². The number of imidazole rings is 1. The van der Waals surface area contributed by atoms with Crippen LogP contribution in [0.2, 0.25) is 0 Å². The minimum Gasteiger partial charge on any atom is -0.510 e. The monoisotopic (exact) mass is 1280 g/mol. The minimum atomic E-state index is 0. The van der Waals surface area contributed by atoms with E-state index >= 15 is 0 Å². The van der Waals surface area contributed by atoms with Crippen LogP contribution in [0, 0.1) is 18.5 Å².